The fourth-order valence-electron chi connectivity index (χ4n) is 3.38. The van der Waals surface area contributed by atoms with Gasteiger partial charge < -0.3 is 15.4 Å². The van der Waals surface area contributed by atoms with Crippen LogP contribution in [0.15, 0.2) is 36.7 Å². The van der Waals surface area contributed by atoms with E-state index in [0.717, 1.165) is 23.4 Å². The summed E-state index contributed by atoms with van der Waals surface area (Å²) in [6, 6.07) is 7.82. The maximum absolute atomic E-state index is 12.8. The summed E-state index contributed by atoms with van der Waals surface area (Å²) in [5.41, 5.74) is 2.15. The van der Waals surface area contributed by atoms with Crippen LogP contribution >= 0.6 is 12.4 Å². The number of rotatable bonds is 6. The smallest absolute Gasteiger partial charge is 0.225 e. The number of hydrogen-bond acceptors (Lipinski definition) is 4. The molecule has 1 saturated heterocycles. The predicted octanol–water partition coefficient (Wildman–Crippen LogP) is 2.42. The highest BCUT2D eigenvalue weighted by molar-refractivity contribution is 5.85. The summed E-state index contributed by atoms with van der Waals surface area (Å²) in [4.78, 5) is 12.8. The molecule has 0 saturated carbocycles. The first kappa shape index (κ1) is 20.3. The Bertz CT molecular complexity index is 734. The van der Waals surface area contributed by atoms with Gasteiger partial charge in [-0.2, -0.15) is 5.10 Å². The van der Waals surface area contributed by atoms with Crippen molar-refractivity contribution >= 4 is 18.3 Å². The van der Waals surface area contributed by atoms with E-state index in [1.807, 2.05) is 57.6 Å². The average molecular weight is 379 g/mol. The first-order chi connectivity index (χ1) is 12.1. The Labute approximate surface area is 160 Å². The highest BCUT2D eigenvalue weighted by atomic mass is 35.5. The maximum atomic E-state index is 12.8. The molecule has 3 atom stereocenters. The van der Waals surface area contributed by atoms with Crippen LogP contribution in [0, 0.1) is 5.92 Å². The molecule has 1 aliphatic heterocycles. The Balaban J connectivity index is 0.00000243. The number of ether oxygens (including phenoxy) is 1. The van der Waals surface area contributed by atoms with E-state index in [1.165, 1.54) is 0 Å². The van der Waals surface area contributed by atoms with Gasteiger partial charge in [0.2, 0.25) is 5.91 Å². The van der Waals surface area contributed by atoms with Gasteiger partial charge in [-0.25, -0.2) is 0 Å². The quantitative estimate of drug-likeness (QED) is 0.810. The highest BCUT2D eigenvalue weighted by Gasteiger charge is 2.35. The molecule has 6 nitrogen and oxygen atoms in total. The number of nitrogens with zero attached hydrogens (tertiary/aromatic N) is 2. The predicted molar refractivity (Wildman–Crippen MR) is 104 cm³/mol. The van der Waals surface area contributed by atoms with Gasteiger partial charge in [0.15, 0.2) is 0 Å². The molecule has 2 heterocycles. The van der Waals surface area contributed by atoms with E-state index in [9.17, 15) is 4.79 Å². The minimum atomic E-state index is -0.0817. The van der Waals surface area contributed by atoms with E-state index in [-0.39, 0.29) is 36.2 Å². The number of amides is 1. The molecule has 7 heteroatoms. The zero-order valence-corrected chi connectivity index (χ0v) is 16.3. The summed E-state index contributed by atoms with van der Waals surface area (Å²) in [6.07, 6.45) is 3.85. The molecule has 1 fully saturated rings. The van der Waals surface area contributed by atoms with E-state index in [0.29, 0.717) is 13.2 Å². The molecule has 2 aromatic rings. The van der Waals surface area contributed by atoms with Crippen LogP contribution in [0.1, 0.15) is 36.9 Å². The summed E-state index contributed by atoms with van der Waals surface area (Å²) >= 11 is 0. The summed E-state index contributed by atoms with van der Waals surface area (Å²) < 4.78 is 7.33. The molecule has 26 heavy (non-hydrogen) atoms. The van der Waals surface area contributed by atoms with E-state index in [1.54, 1.807) is 4.68 Å². The van der Waals surface area contributed by atoms with E-state index in [4.69, 9.17) is 4.74 Å². The summed E-state index contributed by atoms with van der Waals surface area (Å²) in [7, 11) is 1.90. The molecule has 1 unspecified atom stereocenters. The number of carbonyl (C=O) groups is 1. The maximum Gasteiger partial charge on any atom is 0.225 e. The number of aryl methyl sites for hydroxylation is 1. The number of carbonyl (C=O) groups excluding carboxylic acids is 1. The fraction of sp³-hybridized carbons (Fsp3) is 0.474. The highest BCUT2D eigenvalue weighted by Crippen LogP contribution is 2.29. The molecule has 0 bridgehead atoms. The van der Waals surface area contributed by atoms with Crippen molar-refractivity contribution in [1.82, 2.24) is 20.4 Å². The summed E-state index contributed by atoms with van der Waals surface area (Å²) in [5, 5.41) is 10.7. The van der Waals surface area contributed by atoms with Crippen LogP contribution in [0.3, 0.4) is 0 Å². The van der Waals surface area contributed by atoms with Crippen molar-refractivity contribution in [3.63, 3.8) is 0 Å². The molecule has 0 aliphatic carbocycles. The van der Waals surface area contributed by atoms with Gasteiger partial charge in [-0.1, -0.05) is 12.1 Å². The van der Waals surface area contributed by atoms with E-state index >= 15 is 0 Å². The third-order valence-electron chi connectivity index (χ3n) is 4.73. The SMILES string of the molecule is CCOc1cccc(C(C)NC(=O)[C@H]2CNC[C@@H]2c2cnn(C)c2)c1.Cl. The number of halogens is 1. The Morgan fingerprint density at radius 3 is 2.96 bits per heavy atom. The average Bonchev–Trinajstić information content (AvgIpc) is 3.24. The first-order valence-corrected chi connectivity index (χ1v) is 8.81. The van der Waals surface area contributed by atoms with Gasteiger partial charge in [0.05, 0.1) is 24.8 Å². The molecule has 1 aliphatic rings. The standard InChI is InChI=1S/C19H26N4O2.ClH/c1-4-25-16-7-5-6-14(8-16)13(2)22-19(24)18-11-20-10-17(18)15-9-21-23(3)12-15;/h5-9,12-13,17-18,20H,4,10-11H2,1-3H3,(H,22,24);1H/t13?,17-,18+;/m1./s1. The van der Waals surface area contributed by atoms with Crippen LogP contribution in [-0.4, -0.2) is 35.4 Å². The number of benzene rings is 1. The van der Waals surface area contributed by atoms with Crippen molar-refractivity contribution < 1.29 is 9.53 Å². The van der Waals surface area contributed by atoms with Crippen molar-refractivity contribution in [3.05, 3.63) is 47.8 Å². The van der Waals surface area contributed by atoms with Crippen molar-refractivity contribution in [2.24, 2.45) is 13.0 Å². The molecule has 1 aromatic heterocycles. The minimum Gasteiger partial charge on any atom is -0.494 e. The lowest BCUT2D eigenvalue weighted by atomic mass is 9.90. The van der Waals surface area contributed by atoms with Gasteiger partial charge in [0, 0.05) is 32.3 Å². The van der Waals surface area contributed by atoms with Crippen LogP contribution in [0.5, 0.6) is 5.75 Å². The van der Waals surface area contributed by atoms with Gasteiger partial charge in [0.25, 0.3) is 0 Å². The minimum absolute atomic E-state index is 0. The van der Waals surface area contributed by atoms with E-state index in [2.05, 4.69) is 15.7 Å². The molecule has 2 N–H and O–H groups in total. The van der Waals surface area contributed by atoms with Gasteiger partial charge in [0.1, 0.15) is 5.75 Å². The second-order valence-electron chi connectivity index (χ2n) is 6.55. The van der Waals surface area contributed by atoms with Crippen LogP contribution < -0.4 is 15.4 Å². The topological polar surface area (TPSA) is 68.2 Å². The number of aromatic nitrogens is 2. The first-order valence-electron chi connectivity index (χ1n) is 8.81. The largest absolute Gasteiger partial charge is 0.494 e. The number of nitrogens with one attached hydrogen (secondary N) is 2. The third kappa shape index (κ3) is 4.56. The van der Waals surface area contributed by atoms with Crippen LogP contribution in [0.4, 0.5) is 0 Å². The zero-order valence-electron chi connectivity index (χ0n) is 15.4. The van der Waals surface area contributed by atoms with Crippen molar-refractivity contribution in [2.75, 3.05) is 19.7 Å². The molecule has 3 rings (SSSR count). The van der Waals surface area contributed by atoms with Gasteiger partial charge >= 0.3 is 0 Å². The third-order valence-corrected chi connectivity index (χ3v) is 4.73. The van der Waals surface area contributed by atoms with E-state index < -0.39 is 0 Å². The normalized spacial score (nSPS) is 20.3. The molecule has 1 amide bonds. The lowest BCUT2D eigenvalue weighted by molar-refractivity contribution is -0.125. The summed E-state index contributed by atoms with van der Waals surface area (Å²) in [6.45, 7) is 6.09. The zero-order chi connectivity index (χ0) is 17.8. The Morgan fingerprint density at radius 1 is 1.46 bits per heavy atom. The Hall–Kier alpha value is -2.05. The van der Waals surface area contributed by atoms with Crippen LogP contribution in [0.2, 0.25) is 0 Å². The molecular weight excluding hydrogens is 352 g/mol. The molecule has 142 valence electrons. The van der Waals surface area contributed by atoms with Crippen LogP contribution in [-0.2, 0) is 11.8 Å². The van der Waals surface area contributed by atoms with Gasteiger partial charge in [-0.3, -0.25) is 9.48 Å². The second kappa shape index (κ2) is 9.05. The lowest BCUT2D eigenvalue weighted by Gasteiger charge is -2.21. The molecule has 1 aromatic carbocycles. The molecule has 0 radical (unpaired) electrons. The fourth-order valence-corrected chi connectivity index (χ4v) is 3.38. The second-order valence-corrected chi connectivity index (χ2v) is 6.55. The van der Waals surface area contributed by atoms with Crippen molar-refractivity contribution in [3.8, 4) is 5.75 Å². The monoisotopic (exact) mass is 378 g/mol. The van der Waals surface area contributed by atoms with Gasteiger partial charge in [-0.15, -0.1) is 12.4 Å². The van der Waals surface area contributed by atoms with Crippen molar-refractivity contribution in [2.45, 2.75) is 25.8 Å². The van der Waals surface area contributed by atoms with Crippen molar-refractivity contribution in [1.29, 1.82) is 0 Å². The van der Waals surface area contributed by atoms with Crippen LogP contribution in [0.25, 0.3) is 0 Å². The number of hydrogen-bond donors (Lipinski definition) is 2. The Morgan fingerprint density at radius 2 is 2.27 bits per heavy atom. The molecule has 0 spiro atoms. The van der Waals surface area contributed by atoms with Gasteiger partial charge in [-0.05, 0) is 37.1 Å². The Kier molecular flexibility index (Phi) is 7.06. The summed E-state index contributed by atoms with van der Waals surface area (Å²) in [5.74, 6) is 0.988. The molecular formula is C19H27ClN4O2. The lowest BCUT2D eigenvalue weighted by Crippen LogP contribution is -2.36.